The molecule has 0 heterocycles. The van der Waals surface area contributed by atoms with Gasteiger partial charge in [0.25, 0.3) is 5.91 Å². The fourth-order valence-electron chi connectivity index (χ4n) is 2.54. The summed E-state index contributed by atoms with van der Waals surface area (Å²) in [5.41, 5.74) is 2.56. The van der Waals surface area contributed by atoms with Crippen LogP contribution in [0.25, 0.3) is 0 Å². The van der Waals surface area contributed by atoms with E-state index in [0.29, 0.717) is 12.1 Å². The van der Waals surface area contributed by atoms with Crippen LogP contribution in [0, 0.1) is 6.92 Å². The minimum atomic E-state index is -3.56. The summed E-state index contributed by atoms with van der Waals surface area (Å²) in [5.74, 6) is -0.205. The van der Waals surface area contributed by atoms with E-state index in [1.807, 2.05) is 31.2 Å². The minimum absolute atomic E-state index is 0.0357. The van der Waals surface area contributed by atoms with Gasteiger partial charge in [0.2, 0.25) is 10.0 Å². The highest BCUT2D eigenvalue weighted by Crippen LogP contribution is 2.22. The number of hydrogen-bond donors (Lipinski definition) is 1. The van der Waals surface area contributed by atoms with Crippen molar-refractivity contribution in [2.75, 3.05) is 7.05 Å². The standard InChI is InChI=1S/C19H22N2O3S/c1-14-6-8-15(9-7-14)13-21(2)19(22)16-4-3-5-18(12-16)25(23,24)20-17-10-11-17/h3-9,12,17,20H,10-11,13H2,1-2H3. The number of rotatable bonds is 6. The van der Waals surface area contributed by atoms with Crippen molar-refractivity contribution in [3.05, 3.63) is 65.2 Å². The van der Waals surface area contributed by atoms with E-state index in [9.17, 15) is 13.2 Å². The molecule has 1 aliphatic rings. The zero-order valence-corrected chi connectivity index (χ0v) is 15.2. The predicted octanol–water partition coefficient (Wildman–Crippen LogP) is 2.71. The molecular formula is C19H22N2O3S. The van der Waals surface area contributed by atoms with Gasteiger partial charge in [-0.3, -0.25) is 4.79 Å². The fourth-order valence-corrected chi connectivity index (χ4v) is 3.89. The van der Waals surface area contributed by atoms with Crippen molar-refractivity contribution in [3.8, 4) is 0 Å². The number of aryl methyl sites for hydroxylation is 1. The van der Waals surface area contributed by atoms with Gasteiger partial charge >= 0.3 is 0 Å². The summed E-state index contributed by atoms with van der Waals surface area (Å²) in [6.45, 7) is 2.48. The van der Waals surface area contributed by atoms with E-state index in [-0.39, 0.29) is 16.8 Å². The highest BCUT2D eigenvalue weighted by atomic mass is 32.2. The summed E-state index contributed by atoms with van der Waals surface area (Å²) >= 11 is 0. The van der Waals surface area contributed by atoms with Crippen LogP contribution in [0.4, 0.5) is 0 Å². The first-order chi connectivity index (χ1) is 11.8. The van der Waals surface area contributed by atoms with Crippen LogP contribution in [-0.4, -0.2) is 32.3 Å². The third-order valence-electron chi connectivity index (χ3n) is 4.18. The minimum Gasteiger partial charge on any atom is -0.337 e. The van der Waals surface area contributed by atoms with Gasteiger partial charge in [-0.25, -0.2) is 13.1 Å². The summed E-state index contributed by atoms with van der Waals surface area (Å²) in [6, 6.07) is 14.2. The Morgan fingerprint density at radius 3 is 2.48 bits per heavy atom. The van der Waals surface area contributed by atoms with E-state index in [0.717, 1.165) is 18.4 Å². The summed E-state index contributed by atoms with van der Waals surface area (Å²) in [6.07, 6.45) is 1.74. The molecule has 2 aromatic carbocycles. The number of nitrogens with zero attached hydrogens (tertiary/aromatic N) is 1. The van der Waals surface area contributed by atoms with Crippen molar-refractivity contribution in [2.45, 2.75) is 37.2 Å². The average Bonchev–Trinajstić information content (AvgIpc) is 3.39. The van der Waals surface area contributed by atoms with Crippen molar-refractivity contribution in [3.63, 3.8) is 0 Å². The number of hydrogen-bond acceptors (Lipinski definition) is 3. The molecule has 0 bridgehead atoms. The Hall–Kier alpha value is -2.18. The van der Waals surface area contributed by atoms with Crippen molar-refractivity contribution in [1.82, 2.24) is 9.62 Å². The second kappa shape index (κ2) is 6.98. The molecule has 0 aromatic heterocycles. The van der Waals surface area contributed by atoms with Crippen molar-refractivity contribution in [2.24, 2.45) is 0 Å². The molecule has 132 valence electrons. The van der Waals surface area contributed by atoms with Crippen molar-refractivity contribution >= 4 is 15.9 Å². The number of nitrogens with one attached hydrogen (secondary N) is 1. The summed E-state index contributed by atoms with van der Waals surface area (Å²) in [5, 5.41) is 0. The van der Waals surface area contributed by atoms with Gasteiger partial charge in [-0.1, -0.05) is 35.9 Å². The smallest absolute Gasteiger partial charge is 0.253 e. The summed E-state index contributed by atoms with van der Waals surface area (Å²) in [7, 11) is -1.85. The molecule has 1 amide bonds. The highest BCUT2D eigenvalue weighted by Gasteiger charge is 2.28. The number of amides is 1. The molecule has 0 saturated heterocycles. The van der Waals surface area contributed by atoms with Crippen molar-refractivity contribution in [1.29, 1.82) is 0 Å². The molecule has 0 aliphatic heterocycles. The third kappa shape index (κ3) is 4.46. The van der Waals surface area contributed by atoms with E-state index >= 15 is 0 Å². The van der Waals surface area contributed by atoms with Gasteiger partial charge in [0, 0.05) is 25.2 Å². The Morgan fingerprint density at radius 1 is 1.16 bits per heavy atom. The Kier molecular flexibility index (Phi) is 4.92. The lowest BCUT2D eigenvalue weighted by molar-refractivity contribution is 0.0785. The van der Waals surface area contributed by atoms with Gasteiger partial charge in [-0.15, -0.1) is 0 Å². The molecule has 6 heteroatoms. The summed E-state index contributed by atoms with van der Waals surface area (Å²) < 4.78 is 27.3. The number of benzene rings is 2. The molecular weight excluding hydrogens is 336 g/mol. The Balaban J connectivity index is 1.75. The molecule has 2 aromatic rings. The lowest BCUT2D eigenvalue weighted by Gasteiger charge is -2.18. The van der Waals surface area contributed by atoms with Gasteiger partial charge in [0.15, 0.2) is 0 Å². The molecule has 0 unspecified atom stereocenters. The van der Waals surface area contributed by atoms with E-state index in [1.54, 1.807) is 24.1 Å². The zero-order chi connectivity index (χ0) is 18.0. The molecule has 1 fully saturated rings. The Bertz CT molecular complexity index is 872. The number of carbonyl (C=O) groups is 1. The second-order valence-electron chi connectivity index (χ2n) is 6.57. The van der Waals surface area contributed by atoms with E-state index in [4.69, 9.17) is 0 Å². The van der Waals surface area contributed by atoms with Gasteiger partial charge in [0.1, 0.15) is 0 Å². The molecule has 5 nitrogen and oxygen atoms in total. The van der Waals surface area contributed by atoms with Crippen LogP contribution in [0.2, 0.25) is 0 Å². The molecule has 1 saturated carbocycles. The molecule has 0 atom stereocenters. The lowest BCUT2D eigenvalue weighted by Crippen LogP contribution is -2.28. The maximum atomic E-state index is 12.6. The zero-order valence-electron chi connectivity index (χ0n) is 14.4. The van der Waals surface area contributed by atoms with Crippen LogP contribution in [-0.2, 0) is 16.6 Å². The van der Waals surface area contributed by atoms with Crippen LogP contribution in [0.15, 0.2) is 53.4 Å². The first-order valence-corrected chi connectivity index (χ1v) is 9.77. The highest BCUT2D eigenvalue weighted by molar-refractivity contribution is 7.89. The third-order valence-corrected chi connectivity index (χ3v) is 5.70. The summed E-state index contributed by atoms with van der Waals surface area (Å²) in [4.78, 5) is 14.4. The quantitative estimate of drug-likeness (QED) is 0.863. The number of carbonyl (C=O) groups excluding carboxylic acids is 1. The van der Waals surface area contributed by atoms with Gasteiger partial charge in [0.05, 0.1) is 4.90 Å². The predicted molar refractivity (Wildman–Crippen MR) is 96.8 cm³/mol. The van der Waals surface area contributed by atoms with E-state index in [2.05, 4.69) is 4.72 Å². The Morgan fingerprint density at radius 2 is 1.84 bits per heavy atom. The average molecular weight is 358 g/mol. The molecule has 3 rings (SSSR count). The molecule has 25 heavy (non-hydrogen) atoms. The van der Waals surface area contributed by atoms with Crippen LogP contribution < -0.4 is 4.72 Å². The maximum absolute atomic E-state index is 12.6. The molecule has 0 spiro atoms. The topological polar surface area (TPSA) is 66.5 Å². The van der Waals surface area contributed by atoms with Crippen LogP contribution in [0.1, 0.15) is 34.3 Å². The second-order valence-corrected chi connectivity index (χ2v) is 8.28. The lowest BCUT2D eigenvalue weighted by atomic mass is 10.1. The molecule has 0 radical (unpaired) electrons. The monoisotopic (exact) mass is 358 g/mol. The molecule has 1 N–H and O–H groups in total. The fraction of sp³-hybridized carbons (Fsp3) is 0.316. The maximum Gasteiger partial charge on any atom is 0.253 e. The largest absolute Gasteiger partial charge is 0.337 e. The van der Waals surface area contributed by atoms with Crippen LogP contribution in [0.3, 0.4) is 0 Å². The first kappa shape index (κ1) is 17.6. The van der Waals surface area contributed by atoms with Crippen molar-refractivity contribution < 1.29 is 13.2 Å². The number of sulfonamides is 1. The van der Waals surface area contributed by atoms with Gasteiger partial charge in [-0.2, -0.15) is 0 Å². The van der Waals surface area contributed by atoms with Crippen LogP contribution >= 0.6 is 0 Å². The van der Waals surface area contributed by atoms with Gasteiger partial charge < -0.3 is 4.90 Å². The first-order valence-electron chi connectivity index (χ1n) is 8.28. The normalized spacial score (nSPS) is 14.3. The Labute approximate surface area is 148 Å². The SMILES string of the molecule is Cc1ccc(CN(C)C(=O)c2cccc(S(=O)(=O)NC3CC3)c2)cc1. The van der Waals surface area contributed by atoms with E-state index in [1.165, 1.54) is 17.7 Å². The van der Waals surface area contributed by atoms with Gasteiger partial charge in [-0.05, 0) is 43.5 Å². The van der Waals surface area contributed by atoms with E-state index < -0.39 is 10.0 Å². The van der Waals surface area contributed by atoms with Crippen LogP contribution in [0.5, 0.6) is 0 Å². The molecule has 1 aliphatic carbocycles.